The number of rotatable bonds is 7. The second-order valence-electron chi connectivity index (χ2n) is 6.56. The van der Waals surface area contributed by atoms with Crippen LogP contribution in [0.3, 0.4) is 0 Å². The van der Waals surface area contributed by atoms with Gasteiger partial charge in [-0.05, 0) is 38.4 Å². The number of fused-ring (bicyclic) bond motifs is 1. The Bertz CT molecular complexity index is 1020. The lowest BCUT2D eigenvalue weighted by atomic mass is 10.1. The molecule has 2 amide bonds. The fourth-order valence-electron chi connectivity index (χ4n) is 2.88. The van der Waals surface area contributed by atoms with E-state index in [1.54, 1.807) is 36.6 Å². The normalized spacial score (nSPS) is 12.1. The summed E-state index contributed by atoms with van der Waals surface area (Å²) in [5.74, 6) is -0.224. The highest BCUT2D eigenvalue weighted by Gasteiger charge is 2.18. The van der Waals surface area contributed by atoms with Crippen LogP contribution in [0.1, 0.15) is 22.2 Å². The molecule has 0 fully saturated rings. The first-order valence-electron chi connectivity index (χ1n) is 8.82. The van der Waals surface area contributed by atoms with E-state index in [0.29, 0.717) is 17.4 Å². The summed E-state index contributed by atoms with van der Waals surface area (Å²) in [6.07, 6.45) is 2.94. The fourth-order valence-corrected chi connectivity index (χ4v) is 2.88. The first-order chi connectivity index (χ1) is 13.5. The topological polar surface area (TPSA) is 107 Å². The van der Waals surface area contributed by atoms with Crippen LogP contribution in [0.25, 0.3) is 10.9 Å². The second-order valence-corrected chi connectivity index (χ2v) is 6.56. The Balaban J connectivity index is 1.58. The molecule has 2 heterocycles. The van der Waals surface area contributed by atoms with E-state index >= 15 is 0 Å². The summed E-state index contributed by atoms with van der Waals surface area (Å²) in [7, 11) is 3.76. The van der Waals surface area contributed by atoms with Crippen molar-refractivity contribution in [3.05, 3.63) is 70.4 Å². The van der Waals surface area contributed by atoms with Crippen molar-refractivity contribution in [1.82, 2.24) is 20.5 Å². The number of hydrogen-bond acceptors (Lipinski definition) is 5. The average Bonchev–Trinajstić information content (AvgIpc) is 3.21. The fraction of sp³-hybridized carbons (Fsp3) is 0.250. The molecule has 0 saturated carbocycles. The molecule has 146 valence electrons. The van der Waals surface area contributed by atoms with Crippen LogP contribution in [0.15, 0.2) is 58.1 Å². The van der Waals surface area contributed by atoms with Gasteiger partial charge in [-0.3, -0.25) is 19.3 Å². The third-order valence-electron chi connectivity index (χ3n) is 4.43. The Morgan fingerprint density at radius 3 is 2.64 bits per heavy atom. The highest BCUT2D eigenvalue weighted by atomic mass is 16.3. The molecule has 8 heteroatoms. The Morgan fingerprint density at radius 2 is 1.93 bits per heavy atom. The van der Waals surface area contributed by atoms with E-state index in [-0.39, 0.29) is 29.5 Å². The summed E-state index contributed by atoms with van der Waals surface area (Å²) >= 11 is 0. The molecule has 0 saturated heterocycles. The van der Waals surface area contributed by atoms with Gasteiger partial charge in [-0.15, -0.1) is 0 Å². The summed E-state index contributed by atoms with van der Waals surface area (Å²) in [5, 5.41) is 5.67. The quantitative estimate of drug-likeness (QED) is 0.570. The molecule has 3 rings (SSSR count). The van der Waals surface area contributed by atoms with Crippen LogP contribution >= 0.6 is 0 Å². The maximum absolute atomic E-state index is 12.4. The van der Waals surface area contributed by atoms with Crippen molar-refractivity contribution in [2.24, 2.45) is 0 Å². The van der Waals surface area contributed by atoms with Gasteiger partial charge in [0.15, 0.2) is 0 Å². The maximum Gasteiger partial charge on any atom is 0.257 e. The zero-order valence-corrected chi connectivity index (χ0v) is 15.7. The molecule has 1 atom stereocenters. The number of benzene rings is 1. The average molecular weight is 382 g/mol. The summed E-state index contributed by atoms with van der Waals surface area (Å²) in [4.78, 5) is 41.7. The molecule has 1 aromatic carbocycles. The van der Waals surface area contributed by atoms with Gasteiger partial charge in [0.05, 0.1) is 18.8 Å². The standard InChI is InChI=1S/C20H22N4O4/c1-24(2)16(17-8-5-9-28-17)11-22-18(25)12-23-20(27)14-10-21-15-7-4-3-6-13(15)19(14)26/h3-10,16H,11-12H2,1-2H3,(H,21,26)(H,22,25)(H,23,27). The Kier molecular flexibility index (Phi) is 5.90. The smallest absolute Gasteiger partial charge is 0.257 e. The van der Waals surface area contributed by atoms with Gasteiger partial charge < -0.3 is 20.0 Å². The van der Waals surface area contributed by atoms with Gasteiger partial charge in [-0.25, -0.2) is 0 Å². The molecule has 0 aliphatic rings. The third-order valence-corrected chi connectivity index (χ3v) is 4.43. The van der Waals surface area contributed by atoms with Crippen LogP contribution in [0, 0.1) is 0 Å². The predicted octanol–water partition coefficient (Wildman–Crippen LogP) is 1.27. The van der Waals surface area contributed by atoms with Gasteiger partial charge in [-0.2, -0.15) is 0 Å². The van der Waals surface area contributed by atoms with Crippen molar-refractivity contribution in [1.29, 1.82) is 0 Å². The molecule has 3 aromatic rings. The number of amides is 2. The first-order valence-corrected chi connectivity index (χ1v) is 8.82. The number of H-pyrrole nitrogens is 1. The largest absolute Gasteiger partial charge is 0.468 e. The van der Waals surface area contributed by atoms with Gasteiger partial charge in [-0.1, -0.05) is 12.1 Å². The van der Waals surface area contributed by atoms with E-state index in [4.69, 9.17) is 4.42 Å². The monoisotopic (exact) mass is 382 g/mol. The molecule has 0 bridgehead atoms. The lowest BCUT2D eigenvalue weighted by Crippen LogP contribution is -2.41. The number of likely N-dealkylation sites (N-methyl/N-ethyl adjacent to an activating group) is 1. The summed E-state index contributed by atoms with van der Waals surface area (Å²) in [5.41, 5.74) is 0.237. The minimum absolute atomic E-state index is 0.0340. The number of nitrogens with one attached hydrogen (secondary N) is 3. The van der Waals surface area contributed by atoms with E-state index in [1.807, 2.05) is 25.1 Å². The number of furan rings is 1. The molecule has 8 nitrogen and oxygen atoms in total. The SMILES string of the molecule is CN(C)C(CNC(=O)CNC(=O)c1c[nH]c2ccccc2c1=O)c1ccco1. The molecule has 28 heavy (non-hydrogen) atoms. The zero-order valence-electron chi connectivity index (χ0n) is 15.7. The molecule has 0 spiro atoms. The van der Waals surface area contributed by atoms with E-state index in [2.05, 4.69) is 15.6 Å². The summed E-state index contributed by atoms with van der Waals surface area (Å²) in [6.45, 7) is 0.0924. The molecular weight excluding hydrogens is 360 g/mol. The molecule has 3 N–H and O–H groups in total. The predicted molar refractivity (Wildman–Crippen MR) is 105 cm³/mol. The number of para-hydroxylation sites is 1. The number of carbonyl (C=O) groups is 2. The second kappa shape index (κ2) is 8.53. The van der Waals surface area contributed by atoms with E-state index in [9.17, 15) is 14.4 Å². The minimum atomic E-state index is -0.600. The Hall–Kier alpha value is -3.39. The Morgan fingerprint density at radius 1 is 1.14 bits per heavy atom. The van der Waals surface area contributed by atoms with E-state index in [1.165, 1.54) is 6.20 Å². The van der Waals surface area contributed by atoms with Gasteiger partial charge in [0.25, 0.3) is 5.91 Å². The van der Waals surface area contributed by atoms with Crippen molar-refractivity contribution in [2.75, 3.05) is 27.2 Å². The van der Waals surface area contributed by atoms with Crippen molar-refractivity contribution in [3.63, 3.8) is 0 Å². The van der Waals surface area contributed by atoms with E-state index < -0.39 is 5.91 Å². The van der Waals surface area contributed by atoms with Crippen molar-refractivity contribution in [2.45, 2.75) is 6.04 Å². The highest BCUT2D eigenvalue weighted by molar-refractivity contribution is 5.98. The van der Waals surface area contributed by atoms with Crippen molar-refractivity contribution in [3.8, 4) is 0 Å². The molecule has 0 aliphatic carbocycles. The molecule has 2 aromatic heterocycles. The number of nitrogens with zero attached hydrogens (tertiary/aromatic N) is 1. The molecule has 0 aliphatic heterocycles. The van der Waals surface area contributed by atoms with Crippen LogP contribution in [0.5, 0.6) is 0 Å². The number of carbonyl (C=O) groups excluding carboxylic acids is 2. The Labute approximate surface area is 161 Å². The van der Waals surface area contributed by atoms with Gasteiger partial charge in [0, 0.05) is 23.6 Å². The minimum Gasteiger partial charge on any atom is -0.468 e. The zero-order chi connectivity index (χ0) is 20.1. The van der Waals surface area contributed by atoms with Gasteiger partial charge in [0.2, 0.25) is 11.3 Å². The van der Waals surface area contributed by atoms with Crippen LogP contribution in [0.4, 0.5) is 0 Å². The van der Waals surface area contributed by atoms with Crippen LogP contribution in [-0.4, -0.2) is 48.9 Å². The van der Waals surface area contributed by atoms with Crippen molar-refractivity contribution >= 4 is 22.7 Å². The van der Waals surface area contributed by atoms with Crippen molar-refractivity contribution < 1.29 is 14.0 Å². The first kappa shape index (κ1) is 19.4. The highest BCUT2D eigenvalue weighted by Crippen LogP contribution is 2.17. The lowest BCUT2D eigenvalue weighted by molar-refractivity contribution is -0.120. The van der Waals surface area contributed by atoms with Gasteiger partial charge >= 0.3 is 0 Å². The molecule has 0 radical (unpaired) electrons. The third kappa shape index (κ3) is 4.29. The van der Waals surface area contributed by atoms with Crippen LogP contribution in [0.2, 0.25) is 0 Å². The van der Waals surface area contributed by atoms with E-state index in [0.717, 1.165) is 5.76 Å². The number of aromatic amines is 1. The number of pyridine rings is 1. The number of hydrogen-bond donors (Lipinski definition) is 3. The maximum atomic E-state index is 12.4. The molecular formula is C20H22N4O4. The van der Waals surface area contributed by atoms with Gasteiger partial charge in [0.1, 0.15) is 11.3 Å². The lowest BCUT2D eigenvalue weighted by Gasteiger charge is -2.22. The molecule has 1 unspecified atom stereocenters. The summed E-state index contributed by atoms with van der Waals surface area (Å²) < 4.78 is 5.39. The number of aromatic nitrogens is 1. The van der Waals surface area contributed by atoms with Crippen LogP contribution < -0.4 is 16.1 Å². The summed E-state index contributed by atoms with van der Waals surface area (Å²) in [6, 6.07) is 10.4. The van der Waals surface area contributed by atoms with Crippen LogP contribution in [-0.2, 0) is 4.79 Å².